The fraction of sp³-hybridized carbons (Fsp3) is 0.455. The van der Waals surface area contributed by atoms with Crippen LogP contribution in [0.25, 0.3) is 0 Å². The number of benzene rings is 1. The van der Waals surface area contributed by atoms with Crippen LogP contribution >= 0.6 is 0 Å². The lowest BCUT2D eigenvalue weighted by atomic mass is 10.0. The predicted molar refractivity (Wildman–Crippen MR) is 58.4 cm³/mol. The molecule has 5 heteroatoms. The minimum atomic E-state index is -2.49. The van der Waals surface area contributed by atoms with Crippen molar-refractivity contribution in [2.75, 3.05) is 6.61 Å². The summed E-state index contributed by atoms with van der Waals surface area (Å²) >= 11 is 0. The molecule has 4 N–H and O–H groups in total. The normalized spacial score (nSPS) is 12.9. The monoisotopic (exact) mass is 230 g/mol. The second kappa shape index (κ2) is 5.77. The SMILES string of the molecule is CC(N)c1ccc(OCC(F)F)c(CN)c1. The van der Waals surface area contributed by atoms with Crippen molar-refractivity contribution in [1.29, 1.82) is 0 Å². The number of nitrogens with two attached hydrogens (primary N) is 2. The van der Waals surface area contributed by atoms with Gasteiger partial charge in [0, 0.05) is 18.2 Å². The van der Waals surface area contributed by atoms with Crippen molar-refractivity contribution in [3.05, 3.63) is 29.3 Å². The molecule has 0 heterocycles. The molecule has 0 aliphatic heterocycles. The summed E-state index contributed by atoms with van der Waals surface area (Å²) in [6, 6.07) is 5.05. The fourth-order valence-corrected chi connectivity index (χ4v) is 1.34. The Morgan fingerprint density at radius 3 is 2.56 bits per heavy atom. The van der Waals surface area contributed by atoms with Crippen LogP contribution in [0.1, 0.15) is 24.1 Å². The van der Waals surface area contributed by atoms with Gasteiger partial charge in [-0.05, 0) is 24.6 Å². The van der Waals surface area contributed by atoms with E-state index in [1.807, 2.05) is 6.92 Å². The van der Waals surface area contributed by atoms with Crippen LogP contribution in [0.4, 0.5) is 8.78 Å². The molecule has 3 nitrogen and oxygen atoms in total. The van der Waals surface area contributed by atoms with Crippen LogP contribution in [-0.4, -0.2) is 13.0 Å². The lowest BCUT2D eigenvalue weighted by Crippen LogP contribution is -2.11. The van der Waals surface area contributed by atoms with Crippen LogP contribution in [0.5, 0.6) is 5.75 Å². The topological polar surface area (TPSA) is 61.3 Å². The van der Waals surface area contributed by atoms with Crippen molar-refractivity contribution in [3.63, 3.8) is 0 Å². The van der Waals surface area contributed by atoms with Gasteiger partial charge < -0.3 is 16.2 Å². The van der Waals surface area contributed by atoms with Crippen molar-refractivity contribution in [3.8, 4) is 5.75 Å². The van der Waals surface area contributed by atoms with E-state index in [-0.39, 0.29) is 12.6 Å². The Hall–Kier alpha value is -1.20. The van der Waals surface area contributed by atoms with Crippen LogP contribution in [0.2, 0.25) is 0 Å². The Bertz CT molecular complexity index is 343. The molecule has 0 amide bonds. The van der Waals surface area contributed by atoms with Gasteiger partial charge in [-0.1, -0.05) is 6.07 Å². The van der Waals surface area contributed by atoms with Crippen LogP contribution in [0.3, 0.4) is 0 Å². The molecule has 1 unspecified atom stereocenters. The summed E-state index contributed by atoms with van der Waals surface area (Å²) in [6.45, 7) is 1.46. The van der Waals surface area contributed by atoms with E-state index >= 15 is 0 Å². The first-order chi connectivity index (χ1) is 7.54. The average Bonchev–Trinajstić information content (AvgIpc) is 2.25. The van der Waals surface area contributed by atoms with Gasteiger partial charge in [-0.2, -0.15) is 0 Å². The molecular weight excluding hydrogens is 214 g/mol. The summed E-state index contributed by atoms with van der Waals surface area (Å²) in [5, 5.41) is 0. The summed E-state index contributed by atoms with van der Waals surface area (Å²) in [4.78, 5) is 0. The number of rotatable bonds is 5. The zero-order chi connectivity index (χ0) is 12.1. The van der Waals surface area contributed by atoms with Crippen LogP contribution < -0.4 is 16.2 Å². The van der Waals surface area contributed by atoms with Crippen LogP contribution in [-0.2, 0) is 6.54 Å². The maximum absolute atomic E-state index is 12.0. The zero-order valence-corrected chi connectivity index (χ0v) is 9.12. The lowest BCUT2D eigenvalue weighted by Gasteiger charge is -2.13. The molecule has 0 aliphatic carbocycles. The van der Waals surface area contributed by atoms with Gasteiger partial charge in [0.2, 0.25) is 0 Å². The molecule has 1 atom stereocenters. The van der Waals surface area contributed by atoms with Crippen molar-refractivity contribution >= 4 is 0 Å². The van der Waals surface area contributed by atoms with E-state index in [1.54, 1.807) is 18.2 Å². The first-order valence-corrected chi connectivity index (χ1v) is 5.04. The Morgan fingerprint density at radius 1 is 1.38 bits per heavy atom. The maximum atomic E-state index is 12.0. The molecule has 1 aromatic rings. The van der Waals surface area contributed by atoms with E-state index in [0.29, 0.717) is 11.3 Å². The highest BCUT2D eigenvalue weighted by Gasteiger charge is 2.09. The largest absolute Gasteiger partial charge is 0.487 e. The predicted octanol–water partition coefficient (Wildman–Crippen LogP) is 1.81. The van der Waals surface area contributed by atoms with Crippen molar-refractivity contribution in [2.45, 2.75) is 25.9 Å². The number of alkyl halides is 2. The maximum Gasteiger partial charge on any atom is 0.272 e. The van der Waals surface area contributed by atoms with Gasteiger partial charge in [0.1, 0.15) is 12.4 Å². The third-order valence-corrected chi connectivity index (χ3v) is 2.20. The fourth-order valence-electron chi connectivity index (χ4n) is 1.34. The summed E-state index contributed by atoms with van der Waals surface area (Å²) in [5.41, 5.74) is 12.8. The Balaban J connectivity index is 2.84. The second-order valence-corrected chi connectivity index (χ2v) is 3.56. The summed E-state index contributed by atoms with van der Waals surface area (Å²) in [5.74, 6) is 0.396. The van der Waals surface area contributed by atoms with Gasteiger partial charge in [-0.3, -0.25) is 0 Å². The van der Waals surface area contributed by atoms with Gasteiger partial charge in [0.15, 0.2) is 0 Å². The van der Waals surface area contributed by atoms with Crippen LogP contribution in [0, 0.1) is 0 Å². The van der Waals surface area contributed by atoms with Gasteiger partial charge in [0.05, 0.1) is 0 Å². The van der Waals surface area contributed by atoms with Crippen molar-refractivity contribution < 1.29 is 13.5 Å². The van der Waals surface area contributed by atoms with E-state index in [9.17, 15) is 8.78 Å². The van der Waals surface area contributed by atoms with Gasteiger partial charge >= 0.3 is 0 Å². The lowest BCUT2D eigenvalue weighted by molar-refractivity contribution is 0.0814. The highest BCUT2D eigenvalue weighted by Crippen LogP contribution is 2.22. The van der Waals surface area contributed by atoms with Crippen molar-refractivity contribution in [2.24, 2.45) is 11.5 Å². The summed E-state index contributed by atoms with van der Waals surface area (Å²) < 4.78 is 28.9. The zero-order valence-electron chi connectivity index (χ0n) is 9.12. The molecule has 16 heavy (non-hydrogen) atoms. The Labute approximate surface area is 93.4 Å². The summed E-state index contributed by atoms with van der Waals surface area (Å²) in [6.07, 6.45) is -2.49. The standard InChI is InChI=1S/C11H16F2N2O/c1-7(15)8-2-3-10(9(4-8)5-14)16-6-11(12)13/h2-4,7,11H,5-6,14-15H2,1H3. The average molecular weight is 230 g/mol. The van der Waals surface area contributed by atoms with E-state index in [1.165, 1.54) is 0 Å². The summed E-state index contributed by atoms with van der Waals surface area (Å²) in [7, 11) is 0. The third kappa shape index (κ3) is 3.43. The molecule has 0 aromatic heterocycles. The number of ether oxygens (including phenoxy) is 1. The molecule has 0 spiro atoms. The molecule has 1 aromatic carbocycles. The van der Waals surface area contributed by atoms with Gasteiger partial charge in [-0.15, -0.1) is 0 Å². The second-order valence-electron chi connectivity index (χ2n) is 3.56. The highest BCUT2D eigenvalue weighted by atomic mass is 19.3. The molecule has 0 saturated heterocycles. The first-order valence-electron chi connectivity index (χ1n) is 5.04. The van der Waals surface area contributed by atoms with E-state index in [0.717, 1.165) is 5.56 Å². The number of hydrogen-bond acceptors (Lipinski definition) is 3. The highest BCUT2D eigenvalue weighted by molar-refractivity contribution is 5.38. The van der Waals surface area contributed by atoms with E-state index < -0.39 is 13.0 Å². The minimum Gasteiger partial charge on any atom is -0.487 e. The first kappa shape index (κ1) is 12.9. The van der Waals surface area contributed by atoms with Crippen molar-refractivity contribution in [1.82, 2.24) is 0 Å². The van der Waals surface area contributed by atoms with Gasteiger partial charge in [0.25, 0.3) is 6.43 Å². The Morgan fingerprint density at radius 2 is 2.06 bits per heavy atom. The molecule has 90 valence electrons. The third-order valence-electron chi connectivity index (χ3n) is 2.20. The quantitative estimate of drug-likeness (QED) is 0.811. The number of hydrogen-bond donors (Lipinski definition) is 2. The smallest absolute Gasteiger partial charge is 0.272 e. The number of halogens is 2. The molecule has 0 radical (unpaired) electrons. The molecule has 0 aliphatic rings. The molecule has 0 bridgehead atoms. The molecule has 0 fully saturated rings. The molecular formula is C11H16F2N2O. The molecule has 1 rings (SSSR count). The van der Waals surface area contributed by atoms with Gasteiger partial charge in [-0.25, -0.2) is 8.78 Å². The van der Waals surface area contributed by atoms with Crippen LogP contribution in [0.15, 0.2) is 18.2 Å². The molecule has 0 saturated carbocycles. The minimum absolute atomic E-state index is 0.116. The van der Waals surface area contributed by atoms with E-state index in [4.69, 9.17) is 16.2 Å². The Kier molecular flexibility index (Phi) is 4.64. The van der Waals surface area contributed by atoms with E-state index in [2.05, 4.69) is 0 Å².